The second kappa shape index (κ2) is 10.9. The van der Waals surface area contributed by atoms with Gasteiger partial charge in [-0.15, -0.1) is 22.7 Å². The topological polar surface area (TPSA) is 88.9 Å². The molecule has 0 atom stereocenters. The molecule has 43 heavy (non-hydrogen) atoms. The normalized spacial score (nSPS) is 11.2. The minimum absolute atomic E-state index is 0.0127. The summed E-state index contributed by atoms with van der Waals surface area (Å²) in [6.45, 7) is 4.05. The lowest BCUT2D eigenvalue weighted by Gasteiger charge is -2.21. The fourth-order valence-electron chi connectivity index (χ4n) is 5.02. The van der Waals surface area contributed by atoms with E-state index in [1.54, 1.807) is 40.9 Å². The molecule has 0 unspecified atom stereocenters. The van der Waals surface area contributed by atoms with Crippen LogP contribution in [0.15, 0.2) is 103 Å². The maximum Gasteiger partial charge on any atom is 0.268 e. The van der Waals surface area contributed by atoms with Gasteiger partial charge in [0.2, 0.25) is 5.95 Å². The van der Waals surface area contributed by atoms with Gasteiger partial charge in [0.15, 0.2) is 0 Å². The number of hydrogen-bond donors (Lipinski definition) is 0. The van der Waals surface area contributed by atoms with Gasteiger partial charge in [0.05, 0.1) is 43.3 Å². The Labute approximate surface area is 255 Å². The summed E-state index contributed by atoms with van der Waals surface area (Å²) in [6, 6.07) is 28.1. The molecule has 0 radical (unpaired) electrons. The molecule has 7 aromatic rings. The number of hydrogen-bond acceptors (Lipinski definition) is 8. The zero-order valence-corrected chi connectivity index (χ0v) is 24.8. The Bertz CT molecular complexity index is 2040. The Kier molecular flexibility index (Phi) is 6.81. The van der Waals surface area contributed by atoms with Gasteiger partial charge in [0.1, 0.15) is 0 Å². The molecule has 7 nitrogen and oxygen atoms in total. The van der Waals surface area contributed by atoms with Crippen molar-refractivity contribution in [3.63, 3.8) is 0 Å². The predicted molar refractivity (Wildman–Crippen MR) is 173 cm³/mol. The molecule has 0 saturated carbocycles. The molecule has 0 saturated heterocycles. The summed E-state index contributed by atoms with van der Waals surface area (Å²) >= 11 is 3.19. The van der Waals surface area contributed by atoms with E-state index < -0.39 is 11.8 Å². The van der Waals surface area contributed by atoms with Crippen LogP contribution in [-0.4, -0.2) is 31.8 Å². The number of amides is 2. The number of aryl methyl sites for hydroxylation is 2. The van der Waals surface area contributed by atoms with Gasteiger partial charge in [-0.1, -0.05) is 36.4 Å². The SMILES string of the molecule is Cc1ccc(-c2cc(C(=O)N(C(=O)c3cc(-c4ccc(C)s4)nc4ccccc34)c3ncccn3)c3ccccc3n2)s1. The number of carbonyl (C=O) groups is 2. The lowest BCUT2D eigenvalue weighted by molar-refractivity contribution is 0.0897. The van der Waals surface area contributed by atoms with Crippen molar-refractivity contribution < 1.29 is 9.59 Å². The highest BCUT2D eigenvalue weighted by atomic mass is 32.1. The Morgan fingerprint density at radius 1 is 0.605 bits per heavy atom. The minimum Gasteiger partial charge on any atom is -0.268 e. The van der Waals surface area contributed by atoms with Gasteiger partial charge >= 0.3 is 0 Å². The third kappa shape index (κ3) is 4.98. The van der Waals surface area contributed by atoms with Gasteiger partial charge in [0.25, 0.3) is 11.8 Å². The van der Waals surface area contributed by atoms with Crippen molar-refractivity contribution in [3.05, 3.63) is 124 Å². The number of rotatable bonds is 5. The number of carbonyl (C=O) groups excluding carboxylic acids is 2. The second-order valence-electron chi connectivity index (χ2n) is 9.96. The zero-order chi connectivity index (χ0) is 29.5. The van der Waals surface area contributed by atoms with Gasteiger partial charge in [-0.05, 0) is 68.4 Å². The molecule has 0 aliphatic heterocycles. The van der Waals surface area contributed by atoms with Crippen LogP contribution in [0.4, 0.5) is 5.95 Å². The summed E-state index contributed by atoms with van der Waals surface area (Å²) in [5, 5.41) is 1.26. The molecule has 0 bridgehead atoms. The first-order valence-corrected chi connectivity index (χ1v) is 15.2. The lowest BCUT2D eigenvalue weighted by Crippen LogP contribution is -2.38. The number of benzene rings is 2. The third-order valence-electron chi connectivity index (χ3n) is 7.04. The summed E-state index contributed by atoms with van der Waals surface area (Å²) in [5.41, 5.74) is 3.29. The zero-order valence-electron chi connectivity index (χ0n) is 23.2. The van der Waals surface area contributed by atoms with Crippen LogP contribution < -0.4 is 4.90 Å². The van der Waals surface area contributed by atoms with Gasteiger partial charge in [0, 0.05) is 32.9 Å². The van der Waals surface area contributed by atoms with Crippen LogP contribution in [-0.2, 0) is 0 Å². The Hall–Kier alpha value is -5.12. The standard InChI is InChI=1S/C34H23N5O2S2/c1-20-12-14-30(42-20)28-18-24(22-8-3-5-10-26(22)37-28)32(40)39(34-35-16-7-17-36-34)33(41)25-19-29(31-15-13-21(2)43-31)38-27-11-6-4-9-23(25)27/h3-19H,1-2H3. The number of thiophene rings is 2. The molecule has 9 heteroatoms. The van der Waals surface area contributed by atoms with Crippen molar-refractivity contribution in [1.82, 2.24) is 19.9 Å². The van der Waals surface area contributed by atoms with E-state index in [9.17, 15) is 9.59 Å². The van der Waals surface area contributed by atoms with E-state index in [1.165, 1.54) is 12.4 Å². The minimum atomic E-state index is -0.543. The van der Waals surface area contributed by atoms with Crippen LogP contribution in [0.3, 0.4) is 0 Å². The first kappa shape index (κ1) is 26.8. The average Bonchev–Trinajstić information content (AvgIpc) is 3.68. The number of pyridine rings is 2. The summed E-state index contributed by atoms with van der Waals surface area (Å²) < 4.78 is 0. The van der Waals surface area contributed by atoms with E-state index in [1.807, 2.05) is 86.6 Å². The van der Waals surface area contributed by atoms with Crippen LogP contribution in [0.2, 0.25) is 0 Å². The maximum atomic E-state index is 14.6. The molecule has 208 valence electrons. The molecule has 2 amide bonds. The summed E-state index contributed by atoms with van der Waals surface area (Å²) in [4.78, 5) is 52.9. The molecular weight excluding hydrogens is 575 g/mol. The number of para-hydroxylation sites is 2. The van der Waals surface area contributed by atoms with Crippen LogP contribution in [0.5, 0.6) is 0 Å². The van der Waals surface area contributed by atoms with E-state index in [0.29, 0.717) is 44.3 Å². The second-order valence-corrected chi connectivity index (χ2v) is 12.5. The Morgan fingerprint density at radius 3 is 1.51 bits per heavy atom. The molecule has 0 aliphatic carbocycles. The molecule has 5 aromatic heterocycles. The molecule has 0 N–H and O–H groups in total. The van der Waals surface area contributed by atoms with Crippen LogP contribution >= 0.6 is 22.7 Å². The van der Waals surface area contributed by atoms with Crippen molar-refractivity contribution in [2.45, 2.75) is 13.8 Å². The van der Waals surface area contributed by atoms with Crippen molar-refractivity contribution >= 4 is 62.2 Å². The van der Waals surface area contributed by atoms with E-state index in [4.69, 9.17) is 9.97 Å². The first-order chi connectivity index (χ1) is 21.0. The quantitative estimate of drug-likeness (QED) is 0.186. The van der Waals surface area contributed by atoms with Gasteiger partial charge < -0.3 is 0 Å². The summed E-state index contributed by atoms with van der Waals surface area (Å²) in [6.07, 6.45) is 3.04. The van der Waals surface area contributed by atoms with E-state index in [-0.39, 0.29) is 5.95 Å². The first-order valence-electron chi connectivity index (χ1n) is 13.6. The van der Waals surface area contributed by atoms with Crippen LogP contribution in [0.25, 0.3) is 42.9 Å². The van der Waals surface area contributed by atoms with E-state index in [0.717, 1.165) is 24.4 Å². The fourth-order valence-corrected chi connectivity index (χ4v) is 6.68. The molecule has 0 fully saturated rings. The summed E-state index contributed by atoms with van der Waals surface area (Å²) in [5.74, 6) is -1.10. The van der Waals surface area contributed by atoms with Crippen molar-refractivity contribution in [2.75, 3.05) is 4.90 Å². The van der Waals surface area contributed by atoms with E-state index >= 15 is 0 Å². The lowest BCUT2D eigenvalue weighted by atomic mass is 10.0. The predicted octanol–water partition coefficient (Wildman–Crippen LogP) is 8.13. The Morgan fingerprint density at radius 2 is 1.07 bits per heavy atom. The smallest absolute Gasteiger partial charge is 0.268 e. The van der Waals surface area contributed by atoms with Crippen LogP contribution in [0, 0.1) is 13.8 Å². The van der Waals surface area contributed by atoms with Crippen LogP contribution in [0.1, 0.15) is 30.5 Å². The van der Waals surface area contributed by atoms with Crippen molar-refractivity contribution in [3.8, 4) is 21.1 Å². The largest absolute Gasteiger partial charge is 0.268 e. The fraction of sp³-hybridized carbons (Fsp3) is 0.0588. The van der Waals surface area contributed by atoms with Gasteiger partial charge in [-0.3, -0.25) is 9.59 Å². The average molecular weight is 598 g/mol. The highest BCUT2D eigenvalue weighted by molar-refractivity contribution is 7.15. The van der Waals surface area contributed by atoms with Crippen molar-refractivity contribution in [2.24, 2.45) is 0 Å². The highest BCUT2D eigenvalue weighted by Gasteiger charge is 2.31. The molecular formula is C34H23N5O2S2. The van der Waals surface area contributed by atoms with Gasteiger partial charge in [-0.2, -0.15) is 0 Å². The van der Waals surface area contributed by atoms with E-state index in [2.05, 4.69) is 9.97 Å². The number of nitrogens with zero attached hydrogens (tertiary/aromatic N) is 5. The van der Waals surface area contributed by atoms with Crippen molar-refractivity contribution in [1.29, 1.82) is 0 Å². The molecule has 0 spiro atoms. The molecule has 5 heterocycles. The molecule has 7 rings (SSSR count). The van der Waals surface area contributed by atoms with Gasteiger partial charge in [-0.25, -0.2) is 24.8 Å². The Balaban J connectivity index is 1.43. The number of aromatic nitrogens is 4. The monoisotopic (exact) mass is 597 g/mol. The molecule has 2 aromatic carbocycles. The third-order valence-corrected chi connectivity index (χ3v) is 9.08. The number of anilines is 1. The molecule has 0 aliphatic rings. The number of fused-ring (bicyclic) bond motifs is 2. The number of imide groups is 1. The highest BCUT2D eigenvalue weighted by Crippen LogP contribution is 2.33. The summed E-state index contributed by atoms with van der Waals surface area (Å²) in [7, 11) is 0. The maximum absolute atomic E-state index is 14.6.